The van der Waals surface area contributed by atoms with Gasteiger partial charge in [-0.25, -0.2) is 0 Å². The third-order valence-electron chi connectivity index (χ3n) is 4.18. The van der Waals surface area contributed by atoms with Crippen LogP contribution in [-0.2, 0) is 9.59 Å². The maximum absolute atomic E-state index is 12.4. The van der Waals surface area contributed by atoms with Gasteiger partial charge in [-0.3, -0.25) is 9.59 Å². The van der Waals surface area contributed by atoms with Gasteiger partial charge in [-0.1, -0.05) is 35.9 Å². The van der Waals surface area contributed by atoms with Gasteiger partial charge in [-0.2, -0.15) is 0 Å². The number of hydrogen-bond donors (Lipinski definition) is 2. The summed E-state index contributed by atoms with van der Waals surface area (Å²) in [6, 6.07) is 6.95. The predicted octanol–water partition coefficient (Wildman–Crippen LogP) is 2.80. The molecule has 1 aromatic carbocycles. The van der Waals surface area contributed by atoms with Gasteiger partial charge in [0.1, 0.15) is 0 Å². The monoisotopic (exact) mass is 291 g/mol. The standard InChI is InChI=1S/C15H14ClNO3/c16-10-3-1-2-4-11(10)17-14(18)12-8-5-6-9(7-8)13(12)15(19)20/h1-6,8-9,12-13H,7H2,(H,17,18)(H,19,20)/t8-,9+,12-,13+/m0/s1. The second kappa shape index (κ2) is 4.94. The van der Waals surface area contributed by atoms with Crippen LogP contribution in [0.3, 0.4) is 0 Å². The topological polar surface area (TPSA) is 66.4 Å². The summed E-state index contributed by atoms with van der Waals surface area (Å²) >= 11 is 6.01. The van der Waals surface area contributed by atoms with Gasteiger partial charge >= 0.3 is 5.97 Å². The first kappa shape index (κ1) is 13.2. The molecular weight excluding hydrogens is 278 g/mol. The van der Waals surface area contributed by atoms with Crippen molar-refractivity contribution in [3.8, 4) is 0 Å². The lowest BCUT2D eigenvalue weighted by Crippen LogP contribution is -2.36. The smallest absolute Gasteiger partial charge is 0.307 e. The molecule has 0 aliphatic heterocycles. The Hall–Kier alpha value is -1.81. The summed E-state index contributed by atoms with van der Waals surface area (Å²) in [5.41, 5.74) is 0.523. The number of carbonyl (C=O) groups excluding carboxylic acids is 1. The minimum absolute atomic E-state index is 0.0172. The third-order valence-corrected chi connectivity index (χ3v) is 4.51. The van der Waals surface area contributed by atoms with Gasteiger partial charge in [0.05, 0.1) is 22.5 Å². The van der Waals surface area contributed by atoms with E-state index in [2.05, 4.69) is 5.32 Å². The van der Waals surface area contributed by atoms with Crippen LogP contribution >= 0.6 is 11.6 Å². The van der Waals surface area contributed by atoms with Gasteiger partial charge in [-0.05, 0) is 30.4 Å². The van der Waals surface area contributed by atoms with E-state index in [1.807, 2.05) is 12.2 Å². The molecule has 0 radical (unpaired) electrons. The Morgan fingerprint density at radius 3 is 2.45 bits per heavy atom. The molecule has 0 saturated heterocycles. The van der Waals surface area contributed by atoms with Crippen LogP contribution in [0.2, 0.25) is 5.02 Å². The van der Waals surface area contributed by atoms with E-state index in [1.54, 1.807) is 24.3 Å². The summed E-state index contributed by atoms with van der Waals surface area (Å²) in [7, 11) is 0. The number of carboxylic acids is 1. The van der Waals surface area contributed by atoms with Gasteiger partial charge in [0.25, 0.3) is 0 Å². The minimum Gasteiger partial charge on any atom is -0.481 e. The van der Waals surface area contributed by atoms with Crippen LogP contribution in [-0.4, -0.2) is 17.0 Å². The highest BCUT2D eigenvalue weighted by atomic mass is 35.5. The SMILES string of the molecule is O=C(Nc1ccccc1Cl)[C@@H]1[C@H](C(=O)O)[C@@H]2C=C[C@H]1C2. The fourth-order valence-corrected chi connectivity index (χ4v) is 3.48. The Morgan fingerprint density at radius 2 is 1.80 bits per heavy atom. The average molecular weight is 292 g/mol. The van der Waals surface area contributed by atoms with Crippen molar-refractivity contribution in [2.24, 2.45) is 23.7 Å². The molecule has 2 bridgehead atoms. The molecule has 1 amide bonds. The molecule has 2 aliphatic rings. The summed E-state index contributed by atoms with van der Waals surface area (Å²) in [5.74, 6) is -2.32. The van der Waals surface area contributed by atoms with Crippen molar-refractivity contribution in [2.75, 3.05) is 5.32 Å². The number of carboxylic acid groups (broad SMARTS) is 1. The van der Waals surface area contributed by atoms with Crippen LogP contribution in [0.5, 0.6) is 0 Å². The minimum atomic E-state index is -0.902. The third kappa shape index (κ3) is 2.10. The molecule has 2 N–H and O–H groups in total. The number of aliphatic carboxylic acids is 1. The summed E-state index contributed by atoms with van der Waals surface area (Å²) in [6.45, 7) is 0. The highest BCUT2D eigenvalue weighted by molar-refractivity contribution is 6.33. The molecule has 20 heavy (non-hydrogen) atoms. The first-order valence-electron chi connectivity index (χ1n) is 6.54. The molecule has 2 aliphatic carbocycles. The molecule has 4 nitrogen and oxygen atoms in total. The number of allylic oxidation sites excluding steroid dienone is 2. The molecule has 0 unspecified atom stereocenters. The molecule has 0 spiro atoms. The second-order valence-electron chi connectivity index (χ2n) is 5.31. The average Bonchev–Trinajstić information content (AvgIpc) is 3.01. The normalized spacial score (nSPS) is 30.4. The highest BCUT2D eigenvalue weighted by Crippen LogP contribution is 2.48. The van der Waals surface area contributed by atoms with Crippen LogP contribution in [0.4, 0.5) is 5.69 Å². The number of anilines is 1. The van der Waals surface area contributed by atoms with Crippen LogP contribution in [0, 0.1) is 23.7 Å². The Kier molecular flexibility index (Phi) is 3.26. The Labute approximate surface area is 121 Å². The van der Waals surface area contributed by atoms with Crippen molar-refractivity contribution in [1.82, 2.24) is 0 Å². The predicted molar refractivity (Wildman–Crippen MR) is 75.4 cm³/mol. The molecular formula is C15H14ClNO3. The van der Waals surface area contributed by atoms with Crippen molar-refractivity contribution < 1.29 is 14.7 Å². The highest BCUT2D eigenvalue weighted by Gasteiger charge is 2.51. The number of amides is 1. The molecule has 104 valence electrons. The van der Waals surface area contributed by atoms with Crippen LogP contribution in [0.25, 0.3) is 0 Å². The van der Waals surface area contributed by atoms with Crippen LogP contribution < -0.4 is 5.32 Å². The fraction of sp³-hybridized carbons (Fsp3) is 0.333. The van der Waals surface area contributed by atoms with E-state index in [1.165, 1.54) is 0 Å². The number of halogens is 1. The summed E-state index contributed by atoms with van der Waals surface area (Å²) < 4.78 is 0. The van der Waals surface area contributed by atoms with Crippen molar-refractivity contribution in [2.45, 2.75) is 6.42 Å². The molecule has 0 heterocycles. The van der Waals surface area contributed by atoms with E-state index in [9.17, 15) is 14.7 Å². The molecule has 0 aromatic heterocycles. The zero-order chi connectivity index (χ0) is 14.3. The van der Waals surface area contributed by atoms with Crippen LogP contribution in [0.15, 0.2) is 36.4 Å². The van der Waals surface area contributed by atoms with Gasteiger partial charge in [-0.15, -0.1) is 0 Å². The van der Waals surface area contributed by atoms with E-state index in [4.69, 9.17) is 11.6 Å². The van der Waals surface area contributed by atoms with Gasteiger partial charge < -0.3 is 10.4 Å². The largest absolute Gasteiger partial charge is 0.481 e. The molecule has 3 rings (SSSR count). The zero-order valence-corrected chi connectivity index (χ0v) is 11.4. The Bertz CT molecular complexity index is 599. The van der Waals surface area contributed by atoms with Crippen molar-refractivity contribution in [1.29, 1.82) is 0 Å². The Balaban J connectivity index is 1.82. The molecule has 1 fully saturated rings. The van der Waals surface area contributed by atoms with Gasteiger partial charge in [0, 0.05) is 0 Å². The van der Waals surface area contributed by atoms with Crippen molar-refractivity contribution in [3.05, 3.63) is 41.4 Å². The number of rotatable bonds is 3. The quantitative estimate of drug-likeness (QED) is 0.842. The number of benzene rings is 1. The van der Waals surface area contributed by atoms with Crippen LogP contribution in [0.1, 0.15) is 6.42 Å². The maximum atomic E-state index is 12.4. The summed E-state index contributed by atoms with van der Waals surface area (Å²) in [6.07, 6.45) is 4.63. The number of fused-ring (bicyclic) bond motifs is 2. The van der Waals surface area contributed by atoms with Gasteiger partial charge in [0.15, 0.2) is 0 Å². The fourth-order valence-electron chi connectivity index (χ4n) is 3.29. The summed E-state index contributed by atoms with van der Waals surface area (Å²) in [5, 5.41) is 12.5. The van der Waals surface area contributed by atoms with Crippen molar-refractivity contribution >= 4 is 29.2 Å². The first-order valence-corrected chi connectivity index (χ1v) is 6.92. The van der Waals surface area contributed by atoms with E-state index in [0.717, 1.165) is 6.42 Å². The maximum Gasteiger partial charge on any atom is 0.307 e. The lowest BCUT2D eigenvalue weighted by atomic mass is 9.82. The second-order valence-corrected chi connectivity index (χ2v) is 5.71. The zero-order valence-electron chi connectivity index (χ0n) is 10.6. The lowest BCUT2D eigenvalue weighted by molar-refractivity contribution is -0.146. The number of nitrogens with one attached hydrogen (secondary N) is 1. The van der Waals surface area contributed by atoms with E-state index in [0.29, 0.717) is 10.7 Å². The van der Waals surface area contributed by atoms with Crippen molar-refractivity contribution in [3.63, 3.8) is 0 Å². The Morgan fingerprint density at radius 1 is 1.15 bits per heavy atom. The number of hydrogen-bond acceptors (Lipinski definition) is 2. The van der Waals surface area contributed by atoms with E-state index in [-0.39, 0.29) is 17.7 Å². The number of carbonyl (C=O) groups is 2. The lowest BCUT2D eigenvalue weighted by Gasteiger charge is -2.24. The van der Waals surface area contributed by atoms with Gasteiger partial charge in [0.2, 0.25) is 5.91 Å². The molecule has 5 heteroatoms. The first-order chi connectivity index (χ1) is 9.58. The van der Waals surface area contributed by atoms with E-state index >= 15 is 0 Å². The molecule has 1 aromatic rings. The van der Waals surface area contributed by atoms with E-state index < -0.39 is 17.8 Å². The summed E-state index contributed by atoms with van der Waals surface area (Å²) in [4.78, 5) is 23.8. The number of para-hydroxylation sites is 1. The molecule has 4 atom stereocenters. The molecule has 1 saturated carbocycles.